The van der Waals surface area contributed by atoms with Gasteiger partial charge in [-0.1, -0.05) is 19.3 Å². The van der Waals surface area contributed by atoms with Crippen LogP contribution < -0.4 is 10.6 Å². The van der Waals surface area contributed by atoms with Gasteiger partial charge in [-0.3, -0.25) is 0 Å². The second-order valence-corrected chi connectivity index (χ2v) is 6.92. The highest BCUT2D eigenvalue weighted by Crippen LogP contribution is 2.35. The maximum Gasteiger partial charge on any atom is 0.0907 e. The van der Waals surface area contributed by atoms with E-state index in [-0.39, 0.29) is 0 Å². The first kappa shape index (κ1) is 13.7. The van der Waals surface area contributed by atoms with Crippen molar-refractivity contribution >= 4 is 32.9 Å². The number of nitrogens with two attached hydrogens (primary N) is 1. The molecule has 2 aromatic rings. The zero-order valence-corrected chi connectivity index (χ0v) is 13.2. The van der Waals surface area contributed by atoms with Crippen molar-refractivity contribution in [2.45, 2.75) is 52.0 Å². The number of aromatic nitrogens is 1. The second kappa shape index (κ2) is 5.60. The maximum atomic E-state index is 6.32. The Morgan fingerprint density at radius 2 is 2.05 bits per heavy atom. The number of nitrogens with zero attached hydrogens (tertiary/aromatic N) is 2. The molecule has 3 rings (SSSR count). The third-order valence-electron chi connectivity index (χ3n) is 4.31. The van der Waals surface area contributed by atoms with Crippen molar-refractivity contribution in [3.8, 4) is 0 Å². The summed E-state index contributed by atoms with van der Waals surface area (Å²) in [5.41, 5.74) is 9.48. The van der Waals surface area contributed by atoms with Crippen LogP contribution >= 0.6 is 11.3 Å². The molecule has 0 amide bonds. The number of fused-ring (bicyclic) bond motifs is 1. The number of anilines is 2. The van der Waals surface area contributed by atoms with Crippen LogP contribution in [-0.4, -0.2) is 17.6 Å². The highest BCUT2D eigenvalue weighted by Gasteiger charge is 2.22. The number of benzene rings is 1. The van der Waals surface area contributed by atoms with Gasteiger partial charge >= 0.3 is 0 Å². The topological polar surface area (TPSA) is 42.2 Å². The van der Waals surface area contributed by atoms with E-state index < -0.39 is 0 Å². The Balaban J connectivity index is 1.99. The third-order valence-corrected chi connectivity index (χ3v) is 5.24. The van der Waals surface area contributed by atoms with Crippen LogP contribution in [0, 0.1) is 6.92 Å². The number of hydrogen-bond acceptors (Lipinski definition) is 4. The van der Waals surface area contributed by atoms with E-state index in [9.17, 15) is 0 Å². The van der Waals surface area contributed by atoms with Gasteiger partial charge in [-0.05, 0) is 38.8 Å². The molecule has 1 aliphatic carbocycles. The van der Waals surface area contributed by atoms with Gasteiger partial charge in [0.15, 0.2) is 0 Å². The number of thiazole rings is 1. The summed E-state index contributed by atoms with van der Waals surface area (Å²) in [4.78, 5) is 7.10. The van der Waals surface area contributed by atoms with Crippen LogP contribution in [0.15, 0.2) is 12.1 Å². The number of hydrogen-bond donors (Lipinski definition) is 1. The maximum absolute atomic E-state index is 6.32. The summed E-state index contributed by atoms with van der Waals surface area (Å²) in [5, 5.41) is 1.11. The smallest absolute Gasteiger partial charge is 0.0907 e. The largest absolute Gasteiger partial charge is 0.397 e. The van der Waals surface area contributed by atoms with Gasteiger partial charge in [-0.2, -0.15) is 0 Å². The van der Waals surface area contributed by atoms with Crippen LogP contribution in [0.3, 0.4) is 0 Å². The summed E-state index contributed by atoms with van der Waals surface area (Å²) in [6, 6.07) is 4.93. The van der Waals surface area contributed by atoms with E-state index in [4.69, 9.17) is 5.73 Å². The predicted octanol–water partition coefficient (Wildman–Crippen LogP) is 4.35. The SMILES string of the molecule is CCN(c1cc2nc(C)sc2cc1N)C1CCCCC1. The van der Waals surface area contributed by atoms with E-state index in [1.54, 1.807) is 11.3 Å². The van der Waals surface area contributed by atoms with Gasteiger partial charge in [0.2, 0.25) is 0 Å². The van der Waals surface area contributed by atoms with Crippen LogP contribution in [0.5, 0.6) is 0 Å². The summed E-state index contributed by atoms with van der Waals surface area (Å²) < 4.78 is 1.20. The average molecular weight is 289 g/mol. The Hall–Kier alpha value is -1.29. The summed E-state index contributed by atoms with van der Waals surface area (Å²) >= 11 is 1.72. The lowest BCUT2D eigenvalue weighted by Crippen LogP contribution is -2.37. The number of aryl methyl sites for hydroxylation is 1. The lowest BCUT2D eigenvalue weighted by Gasteiger charge is -2.36. The van der Waals surface area contributed by atoms with E-state index in [0.29, 0.717) is 6.04 Å². The average Bonchev–Trinajstić information content (AvgIpc) is 2.80. The molecule has 0 aliphatic heterocycles. The molecule has 0 saturated heterocycles. The Labute approximate surface area is 124 Å². The van der Waals surface area contributed by atoms with Crippen molar-refractivity contribution in [2.24, 2.45) is 0 Å². The van der Waals surface area contributed by atoms with E-state index >= 15 is 0 Å². The molecule has 0 atom stereocenters. The first-order valence-corrected chi connectivity index (χ1v) is 8.44. The van der Waals surface area contributed by atoms with Crippen molar-refractivity contribution in [3.05, 3.63) is 17.1 Å². The molecule has 1 aromatic heterocycles. The van der Waals surface area contributed by atoms with Crippen molar-refractivity contribution in [1.29, 1.82) is 0 Å². The minimum Gasteiger partial charge on any atom is -0.397 e. The molecule has 0 spiro atoms. The van der Waals surface area contributed by atoms with Crippen molar-refractivity contribution in [2.75, 3.05) is 17.2 Å². The Morgan fingerprint density at radius 1 is 1.30 bits per heavy atom. The molecule has 4 heteroatoms. The van der Waals surface area contributed by atoms with Crippen molar-refractivity contribution < 1.29 is 0 Å². The van der Waals surface area contributed by atoms with E-state index in [2.05, 4.69) is 35.9 Å². The first-order chi connectivity index (χ1) is 9.69. The van der Waals surface area contributed by atoms with Gasteiger partial charge in [0.1, 0.15) is 0 Å². The van der Waals surface area contributed by atoms with Gasteiger partial charge in [-0.15, -0.1) is 11.3 Å². The molecule has 1 aliphatic rings. The molecule has 2 N–H and O–H groups in total. The Bertz CT molecular complexity index is 599. The molecular weight excluding hydrogens is 266 g/mol. The van der Waals surface area contributed by atoms with Crippen LogP contribution in [0.25, 0.3) is 10.2 Å². The number of nitrogen functional groups attached to an aromatic ring is 1. The summed E-state index contributed by atoms with van der Waals surface area (Å²) in [5.74, 6) is 0. The lowest BCUT2D eigenvalue weighted by molar-refractivity contribution is 0.418. The van der Waals surface area contributed by atoms with Gasteiger partial charge < -0.3 is 10.6 Å². The summed E-state index contributed by atoms with van der Waals surface area (Å²) in [6.45, 7) is 5.30. The first-order valence-electron chi connectivity index (χ1n) is 7.62. The fourth-order valence-corrected chi connectivity index (χ4v) is 4.22. The second-order valence-electron chi connectivity index (χ2n) is 5.69. The van der Waals surface area contributed by atoms with Gasteiger partial charge in [0, 0.05) is 12.6 Å². The highest BCUT2D eigenvalue weighted by molar-refractivity contribution is 7.18. The molecule has 0 bridgehead atoms. The molecular formula is C16H23N3S. The van der Waals surface area contributed by atoms with E-state index in [0.717, 1.165) is 22.8 Å². The summed E-state index contributed by atoms with van der Waals surface area (Å²) in [7, 11) is 0. The zero-order valence-electron chi connectivity index (χ0n) is 12.4. The number of rotatable bonds is 3. The molecule has 108 valence electrons. The molecule has 3 nitrogen and oxygen atoms in total. The Morgan fingerprint density at radius 3 is 2.75 bits per heavy atom. The molecule has 1 saturated carbocycles. The van der Waals surface area contributed by atoms with Crippen LogP contribution in [0.4, 0.5) is 11.4 Å². The van der Waals surface area contributed by atoms with Gasteiger partial charge in [-0.25, -0.2) is 4.98 Å². The standard InChI is InChI=1S/C16H23N3S/c1-3-19(12-7-5-4-6-8-12)15-10-14-16(9-13(15)17)20-11(2)18-14/h9-10,12H,3-8,17H2,1-2H3. The lowest BCUT2D eigenvalue weighted by atomic mass is 9.93. The fourth-order valence-electron chi connectivity index (χ4n) is 3.36. The normalized spacial score (nSPS) is 16.7. The van der Waals surface area contributed by atoms with E-state index in [1.165, 1.54) is 42.5 Å². The minimum absolute atomic E-state index is 0.647. The van der Waals surface area contributed by atoms with Gasteiger partial charge in [0.05, 0.1) is 26.6 Å². The molecule has 1 fully saturated rings. The Kier molecular flexibility index (Phi) is 3.83. The monoisotopic (exact) mass is 289 g/mol. The molecule has 1 heterocycles. The van der Waals surface area contributed by atoms with Crippen molar-refractivity contribution in [3.63, 3.8) is 0 Å². The summed E-state index contributed by atoms with van der Waals surface area (Å²) in [6.07, 6.45) is 6.66. The van der Waals surface area contributed by atoms with Crippen LogP contribution in [0.1, 0.15) is 44.0 Å². The molecule has 1 aromatic carbocycles. The highest BCUT2D eigenvalue weighted by atomic mass is 32.1. The third kappa shape index (κ3) is 2.49. The van der Waals surface area contributed by atoms with Crippen LogP contribution in [0.2, 0.25) is 0 Å². The van der Waals surface area contributed by atoms with Crippen LogP contribution in [-0.2, 0) is 0 Å². The molecule has 0 unspecified atom stereocenters. The quantitative estimate of drug-likeness (QED) is 0.854. The van der Waals surface area contributed by atoms with E-state index in [1.807, 2.05) is 0 Å². The minimum atomic E-state index is 0.647. The van der Waals surface area contributed by atoms with Crippen molar-refractivity contribution in [1.82, 2.24) is 4.98 Å². The molecule has 0 radical (unpaired) electrons. The fraction of sp³-hybridized carbons (Fsp3) is 0.562. The van der Waals surface area contributed by atoms with Gasteiger partial charge in [0.25, 0.3) is 0 Å². The molecule has 20 heavy (non-hydrogen) atoms. The zero-order chi connectivity index (χ0) is 14.1. The predicted molar refractivity (Wildman–Crippen MR) is 88.7 cm³/mol.